The van der Waals surface area contributed by atoms with Crippen LogP contribution >= 0.6 is 11.3 Å². The van der Waals surface area contributed by atoms with Crippen LogP contribution in [0.25, 0.3) is 10.6 Å². The van der Waals surface area contributed by atoms with E-state index in [0.29, 0.717) is 29.5 Å². The van der Waals surface area contributed by atoms with Crippen molar-refractivity contribution in [3.8, 4) is 22.1 Å². The molecule has 4 rings (SSSR count). The Morgan fingerprint density at radius 3 is 2.77 bits per heavy atom. The van der Waals surface area contributed by atoms with Gasteiger partial charge in [0.2, 0.25) is 5.91 Å². The number of esters is 1. The van der Waals surface area contributed by atoms with E-state index in [0.717, 1.165) is 10.6 Å². The second-order valence-electron chi connectivity index (χ2n) is 7.12. The third kappa shape index (κ3) is 5.98. The molecule has 2 aromatic carbocycles. The summed E-state index contributed by atoms with van der Waals surface area (Å²) in [5, 5.41) is 15.9. The van der Waals surface area contributed by atoms with Gasteiger partial charge in [-0.1, -0.05) is 12.1 Å². The van der Waals surface area contributed by atoms with Gasteiger partial charge < -0.3 is 19.5 Å². The summed E-state index contributed by atoms with van der Waals surface area (Å²) < 4.78 is 17.7. The lowest BCUT2D eigenvalue weighted by atomic mass is 10.2. The number of methoxy groups -OCH3 is 1. The number of carbonyl (C=O) groups excluding carboxylic acids is 2. The van der Waals surface area contributed by atoms with E-state index in [4.69, 9.17) is 14.2 Å². The highest BCUT2D eigenvalue weighted by Crippen LogP contribution is 2.34. The number of hydrogen-bond acceptors (Lipinski definition) is 10. The van der Waals surface area contributed by atoms with E-state index in [9.17, 15) is 9.59 Å². The van der Waals surface area contributed by atoms with Crippen molar-refractivity contribution in [2.24, 2.45) is 0 Å². The summed E-state index contributed by atoms with van der Waals surface area (Å²) in [5.41, 5.74) is 2.02. The molecule has 0 unspecified atom stereocenters. The Bertz CT molecular complexity index is 1310. The van der Waals surface area contributed by atoms with Gasteiger partial charge in [-0.05, 0) is 47.7 Å². The number of amides is 1. The van der Waals surface area contributed by atoms with Gasteiger partial charge in [-0.15, -0.1) is 16.4 Å². The summed E-state index contributed by atoms with van der Waals surface area (Å²) in [6.07, 6.45) is 1.32. The van der Waals surface area contributed by atoms with E-state index in [1.807, 2.05) is 30.5 Å². The van der Waals surface area contributed by atoms with Crippen LogP contribution in [0, 0.1) is 0 Å². The number of ether oxygens (including phenoxy) is 3. The smallest absolute Gasteiger partial charge is 0.340 e. The highest BCUT2D eigenvalue weighted by atomic mass is 32.1. The van der Waals surface area contributed by atoms with Crippen molar-refractivity contribution in [2.45, 2.75) is 20.1 Å². The fraction of sp³-hybridized carbons (Fsp3) is 0.217. The largest absolute Gasteiger partial charge is 0.493 e. The van der Waals surface area contributed by atoms with Crippen LogP contribution in [-0.2, 0) is 22.7 Å². The van der Waals surface area contributed by atoms with Crippen LogP contribution in [0.4, 0.5) is 5.69 Å². The lowest BCUT2D eigenvalue weighted by Gasteiger charge is -2.10. The third-order valence-electron chi connectivity index (χ3n) is 4.73. The van der Waals surface area contributed by atoms with Gasteiger partial charge in [0.05, 0.1) is 30.7 Å². The number of benzene rings is 2. The molecule has 12 heteroatoms. The molecule has 0 atom stereocenters. The molecule has 0 spiro atoms. The number of anilines is 1. The maximum atomic E-state index is 12.7. The normalized spacial score (nSPS) is 10.6. The number of para-hydroxylation sites is 1. The minimum Gasteiger partial charge on any atom is -0.493 e. The molecule has 0 aliphatic rings. The maximum Gasteiger partial charge on any atom is 0.340 e. The first-order valence-corrected chi connectivity index (χ1v) is 11.5. The van der Waals surface area contributed by atoms with Gasteiger partial charge in [-0.25, -0.2) is 14.5 Å². The predicted molar refractivity (Wildman–Crippen MR) is 127 cm³/mol. The second kappa shape index (κ2) is 11.2. The Kier molecular flexibility index (Phi) is 7.63. The van der Waals surface area contributed by atoms with Gasteiger partial charge in [0.1, 0.15) is 24.5 Å². The number of rotatable bonds is 10. The molecule has 35 heavy (non-hydrogen) atoms. The number of aromatic nitrogens is 5. The summed E-state index contributed by atoms with van der Waals surface area (Å²) in [5.74, 6) is 0.313. The molecule has 0 fully saturated rings. The minimum atomic E-state index is -0.583. The monoisotopic (exact) mass is 494 g/mol. The highest BCUT2D eigenvalue weighted by molar-refractivity contribution is 7.13. The molecule has 0 saturated heterocycles. The Balaban J connectivity index is 1.40. The fourth-order valence-electron chi connectivity index (χ4n) is 3.16. The van der Waals surface area contributed by atoms with Gasteiger partial charge in [0, 0.05) is 10.9 Å². The van der Waals surface area contributed by atoms with Gasteiger partial charge in [-0.2, -0.15) is 0 Å². The zero-order chi connectivity index (χ0) is 24.6. The van der Waals surface area contributed by atoms with Crippen LogP contribution in [0.15, 0.2) is 54.2 Å². The van der Waals surface area contributed by atoms with Gasteiger partial charge in [0.15, 0.2) is 11.5 Å². The molecule has 0 aliphatic heterocycles. The molecule has 11 nitrogen and oxygen atoms in total. The first-order valence-electron chi connectivity index (χ1n) is 10.6. The number of nitrogens with zero attached hydrogens (tertiary/aromatic N) is 5. The standard InChI is InChI=1S/C23H22N6O5S/c1-3-33-19-9-8-15(10-20(19)32-2)22-25-16(13-35-22)12-34-23(31)17-6-4-5-7-18(17)26-21(30)11-29-14-24-27-28-29/h4-10,13-14H,3,11-12H2,1-2H3,(H,26,30). The Morgan fingerprint density at radius 1 is 1.14 bits per heavy atom. The summed E-state index contributed by atoms with van der Waals surface area (Å²) in [6, 6.07) is 12.2. The minimum absolute atomic E-state index is 0.0175. The average molecular weight is 495 g/mol. The van der Waals surface area contributed by atoms with Gasteiger partial charge in [0.25, 0.3) is 0 Å². The first-order chi connectivity index (χ1) is 17.1. The number of tetrazole rings is 1. The van der Waals surface area contributed by atoms with Gasteiger partial charge in [-0.3, -0.25) is 4.79 Å². The molecule has 2 heterocycles. The average Bonchev–Trinajstić information content (AvgIpc) is 3.55. The van der Waals surface area contributed by atoms with Crippen molar-refractivity contribution >= 4 is 28.9 Å². The first kappa shape index (κ1) is 23.8. The maximum absolute atomic E-state index is 12.7. The zero-order valence-corrected chi connectivity index (χ0v) is 19.8. The van der Waals surface area contributed by atoms with Crippen LogP contribution in [0.2, 0.25) is 0 Å². The molecule has 0 radical (unpaired) electrons. The topological polar surface area (TPSA) is 130 Å². The molecule has 1 amide bonds. The van der Waals surface area contributed by atoms with Crippen LogP contribution in [0.3, 0.4) is 0 Å². The summed E-state index contributed by atoms with van der Waals surface area (Å²) in [7, 11) is 1.58. The Labute approximate surface area is 204 Å². The van der Waals surface area contributed by atoms with Gasteiger partial charge >= 0.3 is 5.97 Å². The molecule has 0 saturated carbocycles. The van der Waals surface area contributed by atoms with Crippen LogP contribution in [0.1, 0.15) is 23.0 Å². The lowest BCUT2D eigenvalue weighted by Crippen LogP contribution is -2.21. The summed E-state index contributed by atoms with van der Waals surface area (Å²) >= 11 is 1.43. The lowest BCUT2D eigenvalue weighted by molar-refractivity contribution is -0.116. The zero-order valence-electron chi connectivity index (χ0n) is 19.0. The van der Waals surface area contributed by atoms with E-state index in [2.05, 4.69) is 25.8 Å². The van der Waals surface area contributed by atoms with Crippen LogP contribution in [0.5, 0.6) is 11.5 Å². The molecule has 180 valence electrons. The number of carbonyl (C=O) groups is 2. The molecule has 1 N–H and O–H groups in total. The molecule has 0 aliphatic carbocycles. The third-order valence-corrected chi connectivity index (χ3v) is 5.67. The van der Waals surface area contributed by atoms with Crippen molar-refractivity contribution in [3.05, 3.63) is 65.4 Å². The predicted octanol–water partition coefficient (Wildman–Crippen LogP) is 3.20. The van der Waals surface area contributed by atoms with Crippen molar-refractivity contribution in [1.29, 1.82) is 0 Å². The summed E-state index contributed by atoms with van der Waals surface area (Å²) in [4.78, 5) is 29.6. The fourth-order valence-corrected chi connectivity index (χ4v) is 3.96. The number of hydrogen-bond donors (Lipinski definition) is 1. The van der Waals surface area contributed by atoms with E-state index >= 15 is 0 Å². The van der Waals surface area contributed by atoms with Crippen molar-refractivity contribution in [3.63, 3.8) is 0 Å². The Morgan fingerprint density at radius 2 is 2.00 bits per heavy atom. The quantitative estimate of drug-likeness (QED) is 0.330. The van der Waals surface area contributed by atoms with E-state index in [1.165, 1.54) is 22.3 Å². The molecular weight excluding hydrogens is 472 g/mol. The van der Waals surface area contributed by atoms with E-state index < -0.39 is 5.97 Å². The van der Waals surface area contributed by atoms with Crippen molar-refractivity contribution in [2.75, 3.05) is 19.0 Å². The number of thiazole rings is 1. The summed E-state index contributed by atoms with van der Waals surface area (Å²) in [6.45, 7) is 2.34. The van der Waals surface area contributed by atoms with E-state index in [1.54, 1.807) is 31.4 Å². The van der Waals surface area contributed by atoms with Crippen LogP contribution in [-0.4, -0.2) is 50.8 Å². The molecular formula is C23H22N6O5S. The van der Waals surface area contributed by atoms with Crippen molar-refractivity contribution < 1.29 is 23.8 Å². The number of nitrogens with one attached hydrogen (secondary N) is 1. The molecule has 0 bridgehead atoms. The van der Waals surface area contributed by atoms with E-state index in [-0.39, 0.29) is 24.6 Å². The second-order valence-corrected chi connectivity index (χ2v) is 7.98. The van der Waals surface area contributed by atoms with Crippen molar-refractivity contribution in [1.82, 2.24) is 25.2 Å². The molecule has 4 aromatic rings. The SMILES string of the molecule is CCOc1ccc(-c2nc(COC(=O)c3ccccc3NC(=O)Cn3cnnn3)cs2)cc1OC. The van der Waals surface area contributed by atoms with Crippen LogP contribution < -0.4 is 14.8 Å². The highest BCUT2D eigenvalue weighted by Gasteiger charge is 2.16. The Hall–Kier alpha value is -4.32. The molecule has 2 aromatic heterocycles.